The summed E-state index contributed by atoms with van der Waals surface area (Å²) in [6.07, 6.45) is 0. The third kappa shape index (κ3) is 4.65. The van der Waals surface area contributed by atoms with Gasteiger partial charge in [0.2, 0.25) is 10.0 Å². The second kappa shape index (κ2) is 7.55. The van der Waals surface area contributed by atoms with E-state index < -0.39 is 10.0 Å². The molecule has 1 aromatic rings. The first-order valence-corrected chi connectivity index (χ1v) is 8.74. The van der Waals surface area contributed by atoms with Crippen molar-refractivity contribution >= 4 is 43.5 Å². The Balaban J connectivity index is 3.25. The van der Waals surface area contributed by atoms with E-state index in [0.717, 1.165) is 0 Å². The fraction of sp³-hybridized carbons (Fsp3) is 0.417. The molecular weight excluding hydrogens is 384 g/mol. The van der Waals surface area contributed by atoms with Crippen LogP contribution in [0.2, 0.25) is 5.02 Å². The molecule has 0 bridgehead atoms. The van der Waals surface area contributed by atoms with Crippen molar-refractivity contribution in [2.24, 2.45) is 5.14 Å². The van der Waals surface area contributed by atoms with Gasteiger partial charge in [0.05, 0.1) is 21.0 Å². The minimum Gasteiger partial charge on any atom is -0.383 e. The Kier molecular flexibility index (Phi) is 6.61. The third-order valence-corrected chi connectivity index (χ3v) is 5.36. The molecule has 0 unspecified atom stereocenters. The molecule has 1 amide bonds. The number of halogens is 2. The standard InChI is InChI=1S/C12H16BrClN2O4S/c1-3-16(4-5-20-2)12(17)8-6-9(14)11(13)10(7-8)21(15,18)19/h6-7H,3-5H2,1-2H3,(H2,15,18,19). The van der Waals surface area contributed by atoms with Gasteiger partial charge in [-0.05, 0) is 35.0 Å². The van der Waals surface area contributed by atoms with Crippen molar-refractivity contribution in [3.05, 3.63) is 27.2 Å². The maximum Gasteiger partial charge on any atom is 0.254 e. The Morgan fingerprint density at radius 1 is 1.48 bits per heavy atom. The summed E-state index contributed by atoms with van der Waals surface area (Å²) in [7, 11) is -2.45. The van der Waals surface area contributed by atoms with Crippen LogP contribution in [0.25, 0.3) is 0 Å². The second-order valence-electron chi connectivity index (χ2n) is 4.19. The van der Waals surface area contributed by atoms with Crippen molar-refractivity contribution in [1.82, 2.24) is 4.90 Å². The van der Waals surface area contributed by atoms with Gasteiger partial charge in [-0.25, -0.2) is 13.6 Å². The van der Waals surface area contributed by atoms with Crippen LogP contribution in [0.4, 0.5) is 0 Å². The highest BCUT2D eigenvalue weighted by molar-refractivity contribution is 9.10. The summed E-state index contributed by atoms with van der Waals surface area (Å²) in [6.45, 7) is 3.05. The normalized spacial score (nSPS) is 11.5. The zero-order chi connectivity index (χ0) is 16.2. The number of primary sulfonamides is 1. The molecule has 118 valence electrons. The van der Waals surface area contributed by atoms with Crippen LogP contribution in [0.1, 0.15) is 17.3 Å². The van der Waals surface area contributed by atoms with Gasteiger partial charge in [0.1, 0.15) is 0 Å². The van der Waals surface area contributed by atoms with Crippen LogP contribution in [0, 0.1) is 0 Å². The smallest absolute Gasteiger partial charge is 0.254 e. The molecule has 0 aliphatic rings. The molecule has 21 heavy (non-hydrogen) atoms. The maximum absolute atomic E-state index is 12.4. The Bertz CT molecular complexity index is 636. The van der Waals surface area contributed by atoms with E-state index in [1.165, 1.54) is 24.1 Å². The molecule has 0 aromatic heterocycles. The topological polar surface area (TPSA) is 89.7 Å². The van der Waals surface area contributed by atoms with E-state index in [1.54, 1.807) is 0 Å². The number of benzene rings is 1. The van der Waals surface area contributed by atoms with Crippen LogP contribution >= 0.6 is 27.5 Å². The van der Waals surface area contributed by atoms with E-state index in [0.29, 0.717) is 19.7 Å². The van der Waals surface area contributed by atoms with Gasteiger partial charge in [-0.2, -0.15) is 0 Å². The van der Waals surface area contributed by atoms with Crippen molar-refractivity contribution in [1.29, 1.82) is 0 Å². The number of rotatable bonds is 6. The zero-order valence-electron chi connectivity index (χ0n) is 11.6. The molecular formula is C12H16BrClN2O4S. The average Bonchev–Trinajstić information content (AvgIpc) is 2.40. The van der Waals surface area contributed by atoms with Gasteiger partial charge in [-0.1, -0.05) is 11.6 Å². The van der Waals surface area contributed by atoms with E-state index in [1.807, 2.05) is 6.92 Å². The molecule has 1 aromatic carbocycles. The average molecular weight is 400 g/mol. The van der Waals surface area contributed by atoms with Crippen LogP contribution in [0.3, 0.4) is 0 Å². The van der Waals surface area contributed by atoms with Gasteiger partial charge < -0.3 is 9.64 Å². The molecule has 0 saturated carbocycles. The monoisotopic (exact) mass is 398 g/mol. The number of hydrogen-bond donors (Lipinski definition) is 1. The molecule has 0 aliphatic heterocycles. The number of amides is 1. The van der Waals surface area contributed by atoms with E-state index in [4.69, 9.17) is 21.5 Å². The first-order valence-electron chi connectivity index (χ1n) is 6.02. The Labute approximate surface area is 137 Å². The molecule has 0 heterocycles. The van der Waals surface area contributed by atoms with Crippen molar-refractivity contribution in [3.8, 4) is 0 Å². The van der Waals surface area contributed by atoms with Crippen LogP contribution in [-0.4, -0.2) is 46.0 Å². The lowest BCUT2D eigenvalue weighted by molar-refractivity contribution is 0.0706. The van der Waals surface area contributed by atoms with Gasteiger partial charge in [0.25, 0.3) is 5.91 Å². The summed E-state index contributed by atoms with van der Waals surface area (Å²) in [4.78, 5) is 13.7. The molecule has 6 nitrogen and oxygen atoms in total. The summed E-state index contributed by atoms with van der Waals surface area (Å²) in [5.74, 6) is -0.339. The van der Waals surface area contributed by atoms with Gasteiger partial charge in [0.15, 0.2) is 0 Å². The molecule has 0 radical (unpaired) electrons. The van der Waals surface area contributed by atoms with Crippen LogP contribution in [0.15, 0.2) is 21.5 Å². The molecule has 9 heteroatoms. The Morgan fingerprint density at radius 2 is 2.10 bits per heavy atom. The summed E-state index contributed by atoms with van der Waals surface area (Å²) in [5.41, 5.74) is 0.158. The number of hydrogen-bond acceptors (Lipinski definition) is 4. The Hall–Kier alpha value is -0.670. The Morgan fingerprint density at radius 3 is 2.57 bits per heavy atom. The zero-order valence-corrected chi connectivity index (χ0v) is 14.8. The highest BCUT2D eigenvalue weighted by Crippen LogP contribution is 2.31. The second-order valence-corrected chi connectivity index (χ2v) is 6.92. The minimum atomic E-state index is -3.99. The summed E-state index contributed by atoms with van der Waals surface area (Å²) < 4.78 is 28.2. The van der Waals surface area contributed by atoms with Gasteiger partial charge in [-0.15, -0.1) is 0 Å². The summed E-state index contributed by atoms with van der Waals surface area (Å²) in [6, 6.07) is 2.61. The fourth-order valence-corrected chi connectivity index (χ4v) is 3.51. The number of nitrogens with zero attached hydrogens (tertiary/aromatic N) is 1. The van der Waals surface area contributed by atoms with Crippen LogP contribution in [0.5, 0.6) is 0 Å². The van der Waals surface area contributed by atoms with E-state index >= 15 is 0 Å². The first kappa shape index (κ1) is 18.4. The van der Waals surface area contributed by atoms with Gasteiger partial charge in [0, 0.05) is 25.8 Å². The number of likely N-dealkylation sites (N-methyl/N-ethyl adjacent to an activating group) is 1. The van der Waals surface area contributed by atoms with Crippen LogP contribution < -0.4 is 5.14 Å². The van der Waals surface area contributed by atoms with Crippen molar-refractivity contribution in [2.45, 2.75) is 11.8 Å². The number of ether oxygens (including phenoxy) is 1. The minimum absolute atomic E-state index is 0.104. The largest absolute Gasteiger partial charge is 0.383 e. The lowest BCUT2D eigenvalue weighted by Crippen LogP contribution is -2.33. The fourth-order valence-electron chi connectivity index (χ4n) is 1.68. The van der Waals surface area contributed by atoms with Gasteiger partial charge in [-0.3, -0.25) is 4.79 Å². The number of carbonyl (C=O) groups is 1. The van der Waals surface area contributed by atoms with Crippen LogP contribution in [-0.2, 0) is 14.8 Å². The lowest BCUT2D eigenvalue weighted by Gasteiger charge is -2.21. The lowest BCUT2D eigenvalue weighted by atomic mass is 10.2. The quantitative estimate of drug-likeness (QED) is 0.790. The first-order chi connectivity index (χ1) is 9.72. The summed E-state index contributed by atoms with van der Waals surface area (Å²) >= 11 is 9.02. The van der Waals surface area contributed by atoms with E-state index in [2.05, 4.69) is 15.9 Å². The molecule has 0 spiro atoms. The predicted octanol–water partition coefficient (Wildman–Crippen LogP) is 1.86. The number of methoxy groups -OCH3 is 1. The van der Waals surface area contributed by atoms with Crippen molar-refractivity contribution in [2.75, 3.05) is 26.8 Å². The molecule has 0 aliphatic carbocycles. The summed E-state index contributed by atoms with van der Waals surface area (Å²) in [5, 5.41) is 5.23. The van der Waals surface area contributed by atoms with Crippen molar-refractivity contribution < 1.29 is 17.9 Å². The number of sulfonamides is 1. The number of nitrogens with two attached hydrogens (primary N) is 1. The molecule has 1 rings (SSSR count). The molecule has 0 fully saturated rings. The maximum atomic E-state index is 12.4. The number of carbonyl (C=O) groups excluding carboxylic acids is 1. The third-order valence-electron chi connectivity index (χ3n) is 2.78. The highest BCUT2D eigenvalue weighted by atomic mass is 79.9. The molecule has 2 N–H and O–H groups in total. The van der Waals surface area contributed by atoms with E-state index in [9.17, 15) is 13.2 Å². The highest BCUT2D eigenvalue weighted by Gasteiger charge is 2.21. The van der Waals surface area contributed by atoms with Crippen molar-refractivity contribution in [3.63, 3.8) is 0 Å². The SMILES string of the molecule is CCN(CCOC)C(=O)c1cc(Cl)c(Br)c(S(N)(=O)=O)c1. The molecule has 0 atom stereocenters. The predicted molar refractivity (Wildman–Crippen MR) is 84.0 cm³/mol. The van der Waals surface area contributed by atoms with Gasteiger partial charge >= 0.3 is 0 Å². The molecule has 0 saturated heterocycles. The van der Waals surface area contributed by atoms with E-state index in [-0.39, 0.29) is 25.9 Å².